The molecule has 1 unspecified atom stereocenters. The maximum Gasteiger partial charge on any atom is 0.240 e. The van der Waals surface area contributed by atoms with E-state index in [1.165, 1.54) is 0 Å². The Kier molecular flexibility index (Phi) is 4.07. The lowest BCUT2D eigenvalue weighted by atomic mass is 10.1. The lowest BCUT2D eigenvalue weighted by molar-refractivity contribution is 0.470. The van der Waals surface area contributed by atoms with Gasteiger partial charge in [-0.2, -0.15) is 10.4 Å². The SMILES string of the molecule is Cn1cc(-c2ccc(S(=O)(=O)NC3CCN(C#N)C3)cc2)cn1. The summed E-state index contributed by atoms with van der Waals surface area (Å²) in [6.45, 7) is 1.01. The zero-order valence-corrected chi connectivity index (χ0v) is 13.5. The zero-order valence-electron chi connectivity index (χ0n) is 12.7. The van der Waals surface area contributed by atoms with E-state index in [2.05, 4.69) is 9.82 Å². The molecule has 0 amide bonds. The molecule has 8 heteroatoms. The van der Waals surface area contributed by atoms with E-state index >= 15 is 0 Å². The van der Waals surface area contributed by atoms with Crippen molar-refractivity contribution in [1.82, 2.24) is 19.4 Å². The van der Waals surface area contributed by atoms with Gasteiger partial charge in [-0.1, -0.05) is 12.1 Å². The fourth-order valence-corrected chi connectivity index (χ4v) is 3.89. The highest BCUT2D eigenvalue weighted by Gasteiger charge is 2.26. The molecule has 0 saturated carbocycles. The molecule has 0 bridgehead atoms. The van der Waals surface area contributed by atoms with Crippen molar-refractivity contribution in [2.75, 3.05) is 13.1 Å². The number of likely N-dealkylation sites (tertiary alicyclic amines) is 1. The molecular formula is C15H17N5O2S. The Morgan fingerprint density at radius 1 is 1.30 bits per heavy atom. The van der Waals surface area contributed by atoms with E-state index in [4.69, 9.17) is 5.26 Å². The number of nitrogens with one attached hydrogen (secondary N) is 1. The third-order valence-corrected chi connectivity index (χ3v) is 5.39. The van der Waals surface area contributed by atoms with Gasteiger partial charge in [-0.3, -0.25) is 4.68 Å². The zero-order chi connectivity index (χ0) is 16.4. The third kappa shape index (κ3) is 3.36. The molecule has 1 aliphatic heterocycles. The summed E-state index contributed by atoms with van der Waals surface area (Å²) in [6, 6.07) is 6.48. The molecule has 3 rings (SSSR count). The van der Waals surface area contributed by atoms with Crippen molar-refractivity contribution in [3.63, 3.8) is 0 Å². The van der Waals surface area contributed by atoms with Crippen LogP contribution in [0, 0.1) is 11.5 Å². The average Bonchev–Trinajstić information content (AvgIpc) is 3.16. The third-order valence-electron chi connectivity index (χ3n) is 3.85. The van der Waals surface area contributed by atoms with Crippen molar-refractivity contribution in [3.8, 4) is 17.3 Å². The second-order valence-corrected chi connectivity index (χ2v) is 7.29. The Balaban J connectivity index is 1.74. The highest BCUT2D eigenvalue weighted by atomic mass is 32.2. The molecule has 0 radical (unpaired) electrons. The van der Waals surface area contributed by atoms with Gasteiger partial charge in [0.1, 0.15) is 0 Å². The van der Waals surface area contributed by atoms with Crippen LogP contribution >= 0.6 is 0 Å². The maximum absolute atomic E-state index is 12.4. The van der Waals surface area contributed by atoms with Crippen LogP contribution in [-0.2, 0) is 17.1 Å². The molecule has 1 atom stereocenters. The van der Waals surface area contributed by atoms with Gasteiger partial charge in [-0.15, -0.1) is 0 Å². The molecule has 2 heterocycles. The van der Waals surface area contributed by atoms with Crippen LogP contribution in [0.5, 0.6) is 0 Å². The molecular weight excluding hydrogens is 314 g/mol. The molecule has 1 saturated heterocycles. The van der Waals surface area contributed by atoms with Crippen LogP contribution in [0.3, 0.4) is 0 Å². The van der Waals surface area contributed by atoms with Gasteiger partial charge in [-0.25, -0.2) is 13.1 Å². The van der Waals surface area contributed by atoms with E-state index in [0.717, 1.165) is 11.1 Å². The number of hydrogen-bond acceptors (Lipinski definition) is 5. The Hall–Kier alpha value is -2.37. The summed E-state index contributed by atoms with van der Waals surface area (Å²) in [7, 11) is -1.74. The molecule has 0 spiro atoms. The first kappa shape index (κ1) is 15.5. The van der Waals surface area contributed by atoms with Crippen LogP contribution in [-0.4, -0.2) is 42.2 Å². The first-order valence-corrected chi connectivity index (χ1v) is 8.72. The van der Waals surface area contributed by atoms with Gasteiger partial charge in [0.15, 0.2) is 6.19 Å². The Labute approximate surface area is 135 Å². The molecule has 0 aliphatic carbocycles. The fraction of sp³-hybridized carbons (Fsp3) is 0.333. The predicted molar refractivity (Wildman–Crippen MR) is 84.6 cm³/mol. The van der Waals surface area contributed by atoms with Crippen LogP contribution < -0.4 is 4.72 Å². The predicted octanol–water partition coefficient (Wildman–Crippen LogP) is 0.921. The van der Waals surface area contributed by atoms with Crippen LogP contribution in [0.1, 0.15) is 6.42 Å². The Bertz CT molecular complexity index is 835. The number of aromatic nitrogens is 2. The number of aryl methyl sites for hydroxylation is 1. The van der Waals surface area contributed by atoms with Crippen molar-refractivity contribution >= 4 is 10.0 Å². The van der Waals surface area contributed by atoms with Crippen molar-refractivity contribution in [3.05, 3.63) is 36.7 Å². The second kappa shape index (κ2) is 6.02. The molecule has 1 N–H and O–H groups in total. The quantitative estimate of drug-likeness (QED) is 0.841. The summed E-state index contributed by atoms with van der Waals surface area (Å²) >= 11 is 0. The molecule has 7 nitrogen and oxygen atoms in total. The van der Waals surface area contributed by atoms with E-state index in [1.54, 1.807) is 40.0 Å². The van der Waals surface area contributed by atoms with Gasteiger partial charge in [-0.05, 0) is 24.1 Å². The summed E-state index contributed by atoms with van der Waals surface area (Å²) in [6.07, 6.45) is 6.28. The van der Waals surface area contributed by atoms with Crippen LogP contribution in [0.4, 0.5) is 0 Å². The smallest absolute Gasteiger partial charge is 0.240 e. The minimum absolute atomic E-state index is 0.223. The van der Waals surface area contributed by atoms with Crippen molar-refractivity contribution in [1.29, 1.82) is 5.26 Å². The topological polar surface area (TPSA) is 91.0 Å². The molecule has 2 aromatic rings. The summed E-state index contributed by atoms with van der Waals surface area (Å²) < 4.78 is 29.2. The number of benzene rings is 1. The monoisotopic (exact) mass is 331 g/mol. The maximum atomic E-state index is 12.4. The fourth-order valence-electron chi connectivity index (χ4n) is 2.63. The Morgan fingerprint density at radius 2 is 2.04 bits per heavy atom. The van der Waals surface area contributed by atoms with E-state index < -0.39 is 10.0 Å². The molecule has 23 heavy (non-hydrogen) atoms. The average molecular weight is 331 g/mol. The van der Waals surface area contributed by atoms with Gasteiger partial charge in [0.2, 0.25) is 10.0 Å². The minimum Gasteiger partial charge on any atom is -0.309 e. The number of sulfonamides is 1. The summed E-state index contributed by atoms with van der Waals surface area (Å²) in [5.41, 5.74) is 1.85. The molecule has 1 aromatic heterocycles. The standard InChI is InChI=1S/C15H17N5O2S/c1-19-9-13(8-17-19)12-2-4-15(5-3-12)23(21,22)18-14-6-7-20(10-14)11-16/h2-5,8-9,14,18H,6-7,10H2,1H3. The summed E-state index contributed by atoms with van der Waals surface area (Å²) in [5, 5.41) is 12.9. The van der Waals surface area contributed by atoms with Crippen molar-refractivity contribution in [2.24, 2.45) is 7.05 Å². The first-order valence-electron chi connectivity index (χ1n) is 7.24. The summed E-state index contributed by atoms with van der Waals surface area (Å²) in [4.78, 5) is 1.78. The number of rotatable bonds is 4. The molecule has 1 aromatic carbocycles. The van der Waals surface area contributed by atoms with E-state index in [1.807, 2.05) is 19.4 Å². The van der Waals surface area contributed by atoms with Gasteiger partial charge < -0.3 is 4.90 Å². The lowest BCUT2D eigenvalue weighted by Crippen LogP contribution is -2.36. The highest BCUT2D eigenvalue weighted by Crippen LogP contribution is 2.21. The van der Waals surface area contributed by atoms with Crippen LogP contribution in [0.15, 0.2) is 41.6 Å². The van der Waals surface area contributed by atoms with Gasteiger partial charge in [0, 0.05) is 37.9 Å². The van der Waals surface area contributed by atoms with Crippen molar-refractivity contribution in [2.45, 2.75) is 17.4 Å². The lowest BCUT2D eigenvalue weighted by Gasteiger charge is -2.13. The normalized spacial score (nSPS) is 18.1. The van der Waals surface area contributed by atoms with E-state index in [0.29, 0.717) is 19.5 Å². The molecule has 120 valence electrons. The van der Waals surface area contributed by atoms with Gasteiger partial charge >= 0.3 is 0 Å². The van der Waals surface area contributed by atoms with Crippen molar-refractivity contribution < 1.29 is 8.42 Å². The Morgan fingerprint density at radius 3 is 2.61 bits per heavy atom. The van der Waals surface area contributed by atoms with Gasteiger partial charge in [0.25, 0.3) is 0 Å². The largest absolute Gasteiger partial charge is 0.309 e. The highest BCUT2D eigenvalue weighted by molar-refractivity contribution is 7.89. The molecule has 1 aliphatic rings. The minimum atomic E-state index is -3.58. The summed E-state index contributed by atoms with van der Waals surface area (Å²) in [5.74, 6) is 0. The van der Waals surface area contributed by atoms with Crippen LogP contribution in [0.25, 0.3) is 11.1 Å². The second-order valence-electron chi connectivity index (χ2n) is 5.58. The first-order chi connectivity index (χ1) is 11.0. The van der Waals surface area contributed by atoms with E-state index in [-0.39, 0.29) is 10.9 Å². The molecule has 1 fully saturated rings. The number of hydrogen-bond donors (Lipinski definition) is 1. The number of nitrogens with zero attached hydrogens (tertiary/aromatic N) is 4. The number of nitriles is 1. The van der Waals surface area contributed by atoms with E-state index in [9.17, 15) is 8.42 Å². The van der Waals surface area contributed by atoms with Gasteiger partial charge in [0.05, 0.1) is 11.1 Å². The van der Waals surface area contributed by atoms with Crippen LogP contribution in [0.2, 0.25) is 0 Å².